The summed E-state index contributed by atoms with van der Waals surface area (Å²) in [5.74, 6) is -0.670. The molecule has 11 nitrogen and oxygen atoms in total. The maximum atomic E-state index is 14.8. The van der Waals surface area contributed by atoms with E-state index in [0.717, 1.165) is 9.87 Å². The fourth-order valence-electron chi connectivity index (χ4n) is 5.39. The number of hydrogen-bond donors (Lipinski definition) is 1. The van der Waals surface area contributed by atoms with Crippen molar-refractivity contribution < 1.29 is 41.3 Å². The monoisotopic (exact) mass is 721 g/mol. The Morgan fingerprint density at radius 1 is 0.784 bits per heavy atom. The number of sulfonamides is 1. The van der Waals surface area contributed by atoms with Crippen LogP contribution in [0.15, 0.2) is 95.9 Å². The largest absolute Gasteiger partial charge is 0.497 e. The van der Waals surface area contributed by atoms with Crippen LogP contribution < -0.4 is 28.6 Å². The first-order chi connectivity index (χ1) is 24.4. The molecule has 0 aliphatic carbocycles. The summed E-state index contributed by atoms with van der Waals surface area (Å²) in [5, 5.41) is 2.99. The van der Waals surface area contributed by atoms with Gasteiger partial charge in [-0.1, -0.05) is 49.4 Å². The molecule has 0 heterocycles. The van der Waals surface area contributed by atoms with Crippen LogP contribution in [0.4, 0.5) is 10.1 Å². The number of ether oxygens (including phenoxy) is 4. The maximum Gasteiger partial charge on any atom is 0.265 e. The van der Waals surface area contributed by atoms with Gasteiger partial charge in [0.2, 0.25) is 11.8 Å². The third kappa shape index (κ3) is 9.48. The van der Waals surface area contributed by atoms with Crippen molar-refractivity contribution in [3.05, 3.63) is 108 Å². The molecule has 0 saturated carbocycles. The van der Waals surface area contributed by atoms with Crippen molar-refractivity contribution in [3.8, 4) is 23.0 Å². The lowest BCUT2D eigenvalue weighted by atomic mass is 10.0. The zero-order valence-electron chi connectivity index (χ0n) is 29.6. The highest BCUT2D eigenvalue weighted by molar-refractivity contribution is 7.92. The molecule has 0 saturated heterocycles. The predicted octanol–water partition coefficient (Wildman–Crippen LogP) is 5.61. The van der Waals surface area contributed by atoms with Crippen LogP contribution >= 0.6 is 0 Å². The number of carbonyl (C=O) groups excluding carboxylic acids is 2. The zero-order valence-corrected chi connectivity index (χ0v) is 30.4. The van der Waals surface area contributed by atoms with E-state index < -0.39 is 40.2 Å². The molecule has 0 unspecified atom stereocenters. The van der Waals surface area contributed by atoms with Gasteiger partial charge in [0.1, 0.15) is 29.9 Å². The highest BCUT2D eigenvalue weighted by Crippen LogP contribution is 2.38. The summed E-state index contributed by atoms with van der Waals surface area (Å²) in [4.78, 5) is 30.0. The minimum absolute atomic E-state index is 0.0189. The minimum atomic E-state index is -4.54. The van der Waals surface area contributed by atoms with E-state index >= 15 is 0 Å². The molecule has 0 bridgehead atoms. The van der Waals surface area contributed by atoms with Crippen LogP contribution in [0.25, 0.3) is 0 Å². The first kappa shape index (κ1) is 38.5. The Bertz CT molecular complexity index is 1890. The molecule has 2 atom stereocenters. The summed E-state index contributed by atoms with van der Waals surface area (Å²) in [6, 6.07) is 22.2. The Balaban J connectivity index is 1.90. The summed E-state index contributed by atoms with van der Waals surface area (Å²) in [6.45, 7) is 2.92. The van der Waals surface area contributed by atoms with E-state index in [1.165, 1.54) is 87.9 Å². The van der Waals surface area contributed by atoms with Crippen molar-refractivity contribution in [2.24, 2.45) is 0 Å². The lowest BCUT2D eigenvalue weighted by Crippen LogP contribution is -2.54. The number of methoxy groups -OCH3 is 4. The Morgan fingerprint density at radius 3 is 2.04 bits per heavy atom. The van der Waals surface area contributed by atoms with Crippen LogP contribution in [0.1, 0.15) is 31.4 Å². The van der Waals surface area contributed by atoms with Gasteiger partial charge in [-0.25, -0.2) is 12.8 Å². The fraction of sp³-hybridized carbons (Fsp3) is 0.316. The Hall–Kier alpha value is -5.30. The molecule has 4 aromatic rings. The number of hydrogen-bond acceptors (Lipinski definition) is 8. The summed E-state index contributed by atoms with van der Waals surface area (Å²) in [6.07, 6.45) is 0.767. The molecule has 0 aliphatic heterocycles. The third-order valence-corrected chi connectivity index (χ3v) is 10.2. The van der Waals surface area contributed by atoms with Gasteiger partial charge in [0.05, 0.1) is 39.0 Å². The Kier molecular flexibility index (Phi) is 13.3. The SMILES string of the molecule is CC[C@H](C)NC(=O)[C@@H](Cc1ccccc1)N(Cc1ccc(F)cc1)C(=O)CN(c1cc(OC)ccc1OC)S(=O)(=O)c1ccc(OC)c(OC)c1. The molecular weight excluding hydrogens is 677 g/mol. The van der Waals surface area contributed by atoms with Gasteiger partial charge in [-0.3, -0.25) is 13.9 Å². The van der Waals surface area contributed by atoms with E-state index in [4.69, 9.17) is 18.9 Å². The van der Waals surface area contributed by atoms with E-state index in [2.05, 4.69) is 5.32 Å². The number of halogens is 1. The highest BCUT2D eigenvalue weighted by Gasteiger charge is 2.36. The minimum Gasteiger partial charge on any atom is -0.497 e. The van der Waals surface area contributed by atoms with Gasteiger partial charge >= 0.3 is 0 Å². The normalized spacial score (nSPS) is 12.3. The molecule has 0 fully saturated rings. The van der Waals surface area contributed by atoms with Gasteiger partial charge in [0, 0.05) is 31.1 Å². The molecule has 0 spiro atoms. The number of carbonyl (C=O) groups is 2. The van der Waals surface area contributed by atoms with Crippen LogP contribution in [0.5, 0.6) is 23.0 Å². The Morgan fingerprint density at radius 2 is 1.43 bits per heavy atom. The molecule has 272 valence electrons. The summed E-state index contributed by atoms with van der Waals surface area (Å²) in [5.41, 5.74) is 1.33. The van der Waals surface area contributed by atoms with E-state index in [0.29, 0.717) is 23.5 Å². The third-order valence-electron chi connectivity index (χ3n) is 8.41. The topological polar surface area (TPSA) is 124 Å². The van der Waals surface area contributed by atoms with Crippen molar-refractivity contribution in [3.63, 3.8) is 0 Å². The van der Waals surface area contributed by atoms with Crippen molar-refractivity contribution in [1.82, 2.24) is 10.2 Å². The number of nitrogens with one attached hydrogen (secondary N) is 1. The van der Waals surface area contributed by atoms with Crippen LogP contribution in [0.2, 0.25) is 0 Å². The lowest BCUT2D eigenvalue weighted by molar-refractivity contribution is -0.140. The second-order valence-electron chi connectivity index (χ2n) is 11.7. The van der Waals surface area contributed by atoms with Crippen LogP contribution in [0.3, 0.4) is 0 Å². The van der Waals surface area contributed by atoms with E-state index in [1.54, 1.807) is 6.07 Å². The van der Waals surface area contributed by atoms with Crippen LogP contribution in [-0.2, 0) is 32.6 Å². The molecule has 0 aliphatic rings. The fourth-order valence-corrected chi connectivity index (χ4v) is 6.82. The summed E-state index contributed by atoms with van der Waals surface area (Å²) >= 11 is 0. The maximum absolute atomic E-state index is 14.8. The molecule has 0 radical (unpaired) electrons. The predicted molar refractivity (Wildman–Crippen MR) is 192 cm³/mol. The first-order valence-corrected chi connectivity index (χ1v) is 17.7. The van der Waals surface area contributed by atoms with Gasteiger partial charge in [0.15, 0.2) is 11.5 Å². The molecule has 4 aromatic carbocycles. The molecule has 13 heteroatoms. The number of benzene rings is 4. The quantitative estimate of drug-likeness (QED) is 0.149. The number of nitrogens with zero attached hydrogens (tertiary/aromatic N) is 2. The lowest BCUT2D eigenvalue weighted by Gasteiger charge is -2.34. The van der Waals surface area contributed by atoms with E-state index in [1.807, 2.05) is 44.2 Å². The molecule has 1 N–H and O–H groups in total. The van der Waals surface area contributed by atoms with Gasteiger partial charge in [-0.2, -0.15) is 0 Å². The summed E-state index contributed by atoms with van der Waals surface area (Å²) in [7, 11) is 1.08. The molecule has 4 rings (SSSR count). The van der Waals surface area contributed by atoms with Gasteiger partial charge in [-0.15, -0.1) is 0 Å². The zero-order chi connectivity index (χ0) is 37.1. The number of anilines is 1. The molecular formula is C38H44FN3O8S. The molecule has 51 heavy (non-hydrogen) atoms. The van der Waals surface area contributed by atoms with Gasteiger partial charge in [0.25, 0.3) is 10.0 Å². The van der Waals surface area contributed by atoms with Gasteiger partial charge < -0.3 is 29.2 Å². The average molecular weight is 722 g/mol. The second kappa shape index (κ2) is 17.6. The second-order valence-corrected chi connectivity index (χ2v) is 13.6. The van der Waals surface area contributed by atoms with Crippen molar-refractivity contribution >= 4 is 27.5 Å². The smallest absolute Gasteiger partial charge is 0.265 e. The van der Waals surface area contributed by atoms with Crippen molar-refractivity contribution in [2.75, 3.05) is 39.3 Å². The van der Waals surface area contributed by atoms with Crippen molar-refractivity contribution in [2.45, 2.75) is 50.2 Å². The Labute approximate surface area is 298 Å². The van der Waals surface area contributed by atoms with Crippen molar-refractivity contribution in [1.29, 1.82) is 0 Å². The molecule has 2 amide bonds. The number of rotatable bonds is 17. The van der Waals surface area contributed by atoms with E-state index in [9.17, 15) is 22.4 Å². The van der Waals surface area contributed by atoms with E-state index in [-0.39, 0.29) is 41.1 Å². The first-order valence-electron chi connectivity index (χ1n) is 16.3. The molecule has 0 aromatic heterocycles. The number of amides is 2. The standard InChI is InChI=1S/C38H44FN3O8S/c1-7-26(2)40-38(44)33(21-27-11-9-8-10-12-27)41(24-28-13-15-29(39)16-14-28)37(43)25-42(32-22-30(47-3)17-19-34(32)48-4)51(45,46)31-18-20-35(49-5)36(23-31)50-6/h8-20,22-23,26,33H,7,21,24-25H2,1-6H3,(H,40,44)/t26-,33+/m0/s1. The highest BCUT2D eigenvalue weighted by atomic mass is 32.2. The summed E-state index contributed by atoms with van der Waals surface area (Å²) < 4.78 is 65.9. The van der Waals surface area contributed by atoms with Crippen LogP contribution in [0, 0.1) is 5.82 Å². The van der Waals surface area contributed by atoms with Crippen LogP contribution in [-0.4, -0.2) is 72.2 Å². The average Bonchev–Trinajstić information content (AvgIpc) is 3.15. The van der Waals surface area contributed by atoms with Gasteiger partial charge in [-0.05, 0) is 60.9 Å².